The van der Waals surface area contributed by atoms with E-state index in [2.05, 4.69) is 24.8 Å². The van der Waals surface area contributed by atoms with Crippen LogP contribution in [-0.4, -0.2) is 16.1 Å². The average Bonchev–Trinajstić information content (AvgIpc) is 2.20. The van der Waals surface area contributed by atoms with Crippen LogP contribution in [0, 0.1) is 0 Å². The van der Waals surface area contributed by atoms with Crippen molar-refractivity contribution in [3.63, 3.8) is 0 Å². The van der Waals surface area contributed by atoms with Crippen LogP contribution in [0.15, 0.2) is 24.6 Å². The molecule has 1 heterocycles. The smallest absolute Gasteiger partial charge is 0.0549 e. The van der Waals surface area contributed by atoms with Gasteiger partial charge in [0.25, 0.3) is 0 Å². The minimum Gasteiger partial charge on any atom is -0.297 e. The number of hydrazine groups is 2. The zero-order valence-electron chi connectivity index (χ0n) is 5.91. The summed E-state index contributed by atoms with van der Waals surface area (Å²) in [7, 11) is 0. The van der Waals surface area contributed by atoms with Crippen LogP contribution in [0.25, 0.3) is 0 Å². The minimum atomic E-state index is 0.777. The number of nitrogens with one attached hydrogen (secondary N) is 1. The third-order valence-corrected chi connectivity index (χ3v) is 1.66. The molecule has 0 aromatic carbocycles. The summed E-state index contributed by atoms with van der Waals surface area (Å²) >= 11 is 4.13. The van der Waals surface area contributed by atoms with Crippen LogP contribution in [0.3, 0.4) is 0 Å². The summed E-state index contributed by atoms with van der Waals surface area (Å²) in [5.74, 6) is 0. The lowest BCUT2D eigenvalue weighted by Gasteiger charge is -2.23. The molecule has 1 rings (SSSR count). The van der Waals surface area contributed by atoms with E-state index in [0.717, 1.165) is 12.2 Å². The summed E-state index contributed by atoms with van der Waals surface area (Å²) in [6.07, 6.45) is 3.71. The minimum absolute atomic E-state index is 0.777. The lowest BCUT2D eigenvalue weighted by Crippen LogP contribution is -2.34. The highest BCUT2D eigenvalue weighted by atomic mass is 32.1. The Hall–Kier alpha value is -0.610. The molecule has 10 heavy (non-hydrogen) atoms. The second-order valence-electron chi connectivity index (χ2n) is 2.08. The molecule has 0 saturated heterocycles. The quantitative estimate of drug-likeness (QED) is 0.459. The van der Waals surface area contributed by atoms with Gasteiger partial charge in [-0.1, -0.05) is 23.4 Å². The fraction of sp³-hybridized carbons (Fsp3) is 0.333. The number of hydrogen-bond donors (Lipinski definition) is 2. The Kier molecular flexibility index (Phi) is 2.24. The van der Waals surface area contributed by atoms with Crippen molar-refractivity contribution in [2.24, 2.45) is 0 Å². The molecule has 0 aliphatic carbocycles. The van der Waals surface area contributed by atoms with E-state index in [4.69, 9.17) is 0 Å². The fourth-order valence-electron chi connectivity index (χ4n) is 0.788. The standard InChI is InChI=1S/C6H11N3S/c1-3-4-8-6(2)5-7-9(8)10/h3,5,7,10H,1,4H2,2H3. The highest BCUT2D eigenvalue weighted by Crippen LogP contribution is 2.12. The molecule has 0 atom stereocenters. The van der Waals surface area contributed by atoms with E-state index in [1.54, 1.807) is 4.52 Å². The second kappa shape index (κ2) is 2.98. The number of thiol groups is 1. The lowest BCUT2D eigenvalue weighted by molar-refractivity contribution is 0.131. The fourth-order valence-corrected chi connectivity index (χ4v) is 1.06. The van der Waals surface area contributed by atoms with Crippen LogP contribution in [-0.2, 0) is 0 Å². The zero-order valence-corrected chi connectivity index (χ0v) is 6.80. The molecule has 4 heteroatoms. The van der Waals surface area contributed by atoms with Gasteiger partial charge in [-0.15, -0.1) is 6.58 Å². The molecule has 0 spiro atoms. The Labute approximate surface area is 66.5 Å². The second-order valence-corrected chi connectivity index (χ2v) is 2.45. The van der Waals surface area contributed by atoms with Gasteiger partial charge in [-0.3, -0.25) is 10.4 Å². The van der Waals surface area contributed by atoms with Crippen molar-refractivity contribution >= 4 is 12.8 Å². The van der Waals surface area contributed by atoms with Gasteiger partial charge in [0.05, 0.1) is 6.54 Å². The summed E-state index contributed by atoms with van der Waals surface area (Å²) in [5.41, 5.74) is 4.05. The maximum Gasteiger partial charge on any atom is 0.0549 e. The van der Waals surface area contributed by atoms with Crippen LogP contribution in [0.2, 0.25) is 0 Å². The SMILES string of the molecule is C=CCN1C(C)=CNN1S. The molecule has 0 aromatic rings. The van der Waals surface area contributed by atoms with Crippen molar-refractivity contribution in [1.29, 1.82) is 0 Å². The van der Waals surface area contributed by atoms with Crippen LogP contribution in [0.1, 0.15) is 6.92 Å². The molecule has 1 aliphatic rings. The number of nitrogens with zero attached hydrogens (tertiary/aromatic N) is 2. The highest BCUT2D eigenvalue weighted by Gasteiger charge is 2.14. The highest BCUT2D eigenvalue weighted by molar-refractivity contribution is 7.77. The van der Waals surface area contributed by atoms with E-state index in [0.29, 0.717) is 0 Å². The van der Waals surface area contributed by atoms with Gasteiger partial charge in [-0.25, -0.2) is 0 Å². The van der Waals surface area contributed by atoms with Gasteiger partial charge in [0.2, 0.25) is 0 Å². The van der Waals surface area contributed by atoms with Crippen molar-refractivity contribution in [3.05, 3.63) is 24.6 Å². The monoisotopic (exact) mass is 157 g/mol. The molecule has 0 amide bonds. The van der Waals surface area contributed by atoms with E-state index in [1.807, 2.05) is 24.2 Å². The Balaban J connectivity index is 2.55. The first-order valence-corrected chi connectivity index (χ1v) is 3.46. The van der Waals surface area contributed by atoms with Gasteiger partial charge in [0.15, 0.2) is 0 Å². The van der Waals surface area contributed by atoms with Gasteiger partial charge in [-0.05, 0) is 6.92 Å². The van der Waals surface area contributed by atoms with Crippen LogP contribution in [0.4, 0.5) is 0 Å². The van der Waals surface area contributed by atoms with Crippen molar-refractivity contribution in [3.8, 4) is 0 Å². The summed E-state index contributed by atoms with van der Waals surface area (Å²) in [4.78, 5) is 0. The molecular formula is C6H11N3S. The normalized spacial score (nSPS) is 18.6. The van der Waals surface area contributed by atoms with E-state index in [-0.39, 0.29) is 0 Å². The summed E-state index contributed by atoms with van der Waals surface area (Å²) < 4.78 is 1.62. The van der Waals surface area contributed by atoms with Crippen molar-refractivity contribution in [2.45, 2.75) is 6.92 Å². The third kappa shape index (κ3) is 1.27. The molecule has 0 aromatic heterocycles. The topological polar surface area (TPSA) is 18.5 Å². The summed E-state index contributed by atoms with van der Waals surface area (Å²) in [6.45, 7) is 6.42. The average molecular weight is 157 g/mol. The maximum absolute atomic E-state index is 4.13. The van der Waals surface area contributed by atoms with Crippen LogP contribution >= 0.6 is 12.8 Å². The predicted molar refractivity (Wildman–Crippen MR) is 44.6 cm³/mol. The zero-order chi connectivity index (χ0) is 7.56. The Morgan fingerprint density at radius 1 is 1.90 bits per heavy atom. The summed E-state index contributed by atoms with van der Waals surface area (Å²) in [6, 6.07) is 0. The van der Waals surface area contributed by atoms with E-state index >= 15 is 0 Å². The molecule has 0 saturated carbocycles. The Bertz CT molecular complexity index is 166. The first-order valence-electron chi connectivity index (χ1n) is 3.06. The Morgan fingerprint density at radius 2 is 2.60 bits per heavy atom. The first-order chi connectivity index (χ1) is 4.75. The molecule has 0 unspecified atom stereocenters. The van der Waals surface area contributed by atoms with Crippen molar-refractivity contribution in [2.75, 3.05) is 6.54 Å². The number of rotatable bonds is 2. The van der Waals surface area contributed by atoms with Crippen molar-refractivity contribution in [1.82, 2.24) is 15.0 Å². The molecule has 1 N–H and O–H groups in total. The lowest BCUT2D eigenvalue weighted by atomic mass is 10.5. The van der Waals surface area contributed by atoms with Gasteiger partial charge in [0, 0.05) is 11.9 Å². The molecule has 0 radical (unpaired) electrons. The Morgan fingerprint density at radius 3 is 3.00 bits per heavy atom. The first kappa shape index (κ1) is 7.50. The molecule has 56 valence electrons. The molecule has 1 aliphatic heterocycles. The van der Waals surface area contributed by atoms with E-state index in [9.17, 15) is 0 Å². The van der Waals surface area contributed by atoms with Gasteiger partial charge in [0.1, 0.15) is 0 Å². The van der Waals surface area contributed by atoms with Crippen LogP contribution in [0.5, 0.6) is 0 Å². The van der Waals surface area contributed by atoms with Gasteiger partial charge in [-0.2, -0.15) is 0 Å². The molecule has 0 fully saturated rings. The van der Waals surface area contributed by atoms with Crippen LogP contribution < -0.4 is 5.43 Å². The molecule has 0 bridgehead atoms. The van der Waals surface area contributed by atoms with Gasteiger partial charge >= 0.3 is 0 Å². The van der Waals surface area contributed by atoms with E-state index in [1.165, 1.54) is 0 Å². The summed E-state index contributed by atoms with van der Waals surface area (Å²) in [5, 5.41) is 1.95. The molecule has 3 nitrogen and oxygen atoms in total. The van der Waals surface area contributed by atoms with Gasteiger partial charge < -0.3 is 0 Å². The molecular weight excluding hydrogens is 146 g/mol. The number of hydrogen-bond acceptors (Lipinski definition) is 4. The van der Waals surface area contributed by atoms with E-state index < -0.39 is 0 Å². The maximum atomic E-state index is 4.13. The van der Waals surface area contributed by atoms with Crippen molar-refractivity contribution < 1.29 is 0 Å². The third-order valence-electron chi connectivity index (χ3n) is 1.33. The predicted octanol–water partition coefficient (Wildman–Crippen LogP) is 0.916. The largest absolute Gasteiger partial charge is 0.297 e. The number of allylic oxidation sites excluding steroid dienone is 1.